The molecule has 0 saturated carbocycles. The number of hydroxylamine groups is 2. The minimum atomic E-state index is -3.60. The fourth-order valence-electron chi connectivity index (χ4n) is 4.08. The molecule has 3 rings (SSSR count). The first-order valence-electron chi connectivity index (χ1n) is 10.9. The van der Waals surface area contributed by atoms with Crippen molar-refractivity contribution in [3.63, 3.8) is 0 Å². The summed E-state index contributed by atoms with van der Waals surface area (Å²) in [5, 5.41) is 11.7. The summed E-state index contributed by atoms with van der Waals surface area (Å²) in [7, 11) is -1.92. The van der Waals surface area contributed by atoms with Crippen molar-refractivity contribution < 1.29 is 17.6 Å². The van der Waals surface area contributed by atoms with Gasteiger partial charge in [0.05, 0.1) is 36.7 Å². The van der Waals surface area contributed by atoms with Gasteiger partial charge in [-0.2, -0.15) is 10.3 Å². The Labute approximate surface area is 190 Å². The van der Waals surface area contributed by atoms with Crippen LogP contribution in [0.2, 0.25) is 0 Å². The molecule has 1 fully saturated rings. The van der Waals surface area contributed by atoms with Crippen LogP contribution in [0, 0.1) is 23.1 Å². The van der Waals surface area contributed by atoms with Crippen molar-refractivity contribution in [3.05, 3.63) is 65.0 Å². The Kier molecular flexibility index (Phi) is 8.24. The Morgan fingerprint density at radius 3 is 2.47 bits per heavy atom. The van der Waals surface area contributed by atoms with Crippen molar-refractivity contribution in [1.29, 1.82) is 5.26 Å². The topological polar surface area (TPSA) is 73.6 Å². The van der Waals surface area contributed by atoms with Crippen LogP contribution in [0.5, 0.6) is 0 Å². The van der Waals surface area contributed by atoms with Crippen LogP contribution in [0.4, 0.5) is 10.1 Å². The van der Waals surface area contributed by atoms with Crippen molar-refractivity contribution in [2.24, 2.45) is 5.92 Å². The molecule has 0 amide bonds. The minimum absolute atomic E-state index is 0.00406. The summed E-state index contributed by atoms with van der Waals surface area (Å²) in [5.41, 5.74) is 2.56. The van der Waals surface area contributed by atoms with Crippen LogP contribution in [0.15, 0.2) is 42.5 Å². The van der Waals surface area contributed by atoms with Gasteiger partial charge in [-0.25, -0.2) is 12.8 Å². The van der Waals surface area contributed by atoms with Crippen molar-refractivity contribution >= 4 is 15.7 Å². The van der Waals surface area contributed by atoms with E-state index < -0.39 is 10.0 Å². The molecule has 1 heterocycles. The Hall–Kier alpha value is -2.47. The zero-order valence-electron chi connectivity index (χ0n) is 18.6. The molecule has 6 nitrogen and oxygen atoms in total. The third-order valence-corrected chi connectivity index (χ3v) is 7.82. The van der Waals surface area contributed by atoms with E-state index in [1.54, 1.807) is 31.4 Å². The SMILES string of the molecule is CCCS(=O)(=O)N(Cc1ccc(F)cc1)c1ccc(CC2CCN(OC)CC2)c(C#N)c1. The van der Waals surface area contributed by atoms with E-state index in [0.717, 1.165) is 37.9 Å². The van der Waals surface area contributed by atoms with Gasteiger partial charge in [-0.3, -0.25) is 4.31 Å². The summed E-state index contributed by atoms with van der Waals surface area (Å²) in [4.78, 5) is 5.28. The first kappa shape index (κ1) is 24.2. The van der Waals surface area contributed by atoms with Gasteiger partial charge in [-0.15, -0.1) is 0 Å². The number of anilines is 1. The van der Waals surface area contributed by atoms with Crippen LogP contribution >= 0.6 is 0 Å². The van der Waals surface area contributed by atoms with Crippen LogP contribution in [0.25, 0.3) is 0 Å². The summed E-state index contributed by atoms with van der Waals surface area (Å²) in [5.74, 6) is 0.0817. The molecule has 0 radical (unpaired) electrons. The van der Waals surface area contributed by atoms with E-state index in [0.29, 0.717) is 29.2 Å². The number of nitriles is 1. The van der Waals surface area contributed by atoms with E-state index in [4.69, 9.17) is 4.84 Å². The van der Waals surface area contributed by atoms with Gasteiger partial charge < -0.3 is 4.84 Å². The molecule has 0 N–H and O–H groups in total. The Morgan fingerprint density at radius 1 is 1.19 bits per heavy atom. The van der Waals surface area contributed by atoms with Crippen LogP contribution in [-0.4, -0.2) is 39.4 Å². The number of rotatable bonds is 9. The molecule has 8 heteroatoms. The van der Waals surface area contributed by atoms with Gasteiger partial charge >= 0.3 is 0 Å². The molecule has 32 heavy (non-hydrogen) atoms. The highest BCUT2D eigenvalue weighted by Crippen LogP contribution is 2.28. The first-order valence-corrected chi connectivity index (χ1v) is 12.5. The average Bonchev–Trinajstić information content (AvgIpc) is 2.79. The molecule has 0 aromatic heterocycles. The predicted molar refractivity (Wildman–Crippen MR) is 123 cm³/mol. The van der Waals surface area contributed by atoms with Crippen molar-refractivity contribution in [3.8, 4) is 6.07 Å². The number of hydrogen-bond donors (Lipinski definition) is 0. The second-order valence-corrected chi connectivity index (χ2v) is 10.2. The lowest BCUT2D eigenvalue weighted by Gasteiger charge is -2.30. The highest BCUT2D eigenvalue weighted by Gasteiger charge is 2.24. The highest BCUT2D eigenvalue weighted by atomic mass is 32.2. The lowest BCUT2D eigenvalue weighted by Crippen LogP contribution is -2.33. The molecular formula is C24H30FN3O3S. The zero-order chi connectivity index (χ0) is 23.1. The van der Waals surface area contributed by atoms with Crippen LogP contribution in [-0.2, 0) is 27.8 Å². The number of sulfonamides is 1. The fourth-order valence-corrected chi connectivity index (χ4v) is 5.60. The van der Waals surface area contributed by atoms with E-state index in [-0.39, 0.29) is 18.1 Å². The second kappa shape index (κ2) is 10.9. The zero-order valence-corrected chi connectivity index (χ0v) is 19.4. The smallest absolute Gasteiger partial charge is 0.235 e. The third kappa shape index (κ3) is 6.06. The normalized spacial score (nSPS) is 15.4. The van der Waals surface area contributed by atoms with E-state index in [1.165, 1.54) is 16.4 Å². The molecule has 2 aromatic carbocycles. The van der Waals surface area contributed by atoms with Gasteiger partial charge in [-0.1, -0.05) is 25.1 Å². The van der Waals surface area contributed by atoms with E-state index in [9.17, 15) is 18.1 Å². The number of benzene rings is 2. The minimum Gasteiger partial charge on any atom is -0.302 e. The first-order chi connectivity index (χ1) is 15.4. The van der Waals surface area contributed by atoms with E-state index >= 15 is 0 Å². The van der Waals surface area contributed by atoms with E-state index in [1.807, 2.05) is 18.1 Å². The Morgan fingerprint density at radius 2 is 1.88 bits per heavy atom. The van der Waals surface area contributed by atoms with Gasteiger partial charge in [0.1, 0.15) is 5.82 Å². The Balaban J connectivity index is 1.86. The summed E-state index contributed by atoms with van der Waals surface area (Å²) in [6.45, 7) is 3.62. The molecule has 1 aliphatic heterocycles. The van der Waals surface area contributed by atoms with Crippen molar-refractivity contribution in [2.75, 3.05) is 30.3 Å². The van der Waals surface area contributed by atoms with Gasteiger partial charge in [0, 0.05) is 13.1 Å². The van der Waals surface area contributed by atoms with Crippen LogP contribution < -0.4 is 4.31 Å². The maximum Gasteiger partial charge on any atom is 0.235 e. The lowest BCUT2D eigenvalue weighted by atomic mass is 9.89. The monoisotopic (exact) mass is 459 g/mol. The molecule has 0 atom stereocenters. The van der Waals surface area contributed by atoms with Gasteiger partial charge in [0.15, 0.2) is 0 Å². The molecule has 1 aliphatic rings. The molecular weight excluding hydrogens is 429 g/mol. The predicted octanol–water partition coefficient (Wildman–Crippen LogP) is 4.26. The van der Waals surface area contributed by atoms with Crippen LogP contribution in [0.1, 0.15) is 42.9 Å². The number of halogens is 1. The summed E-state index contributed by atoms with van der Waals surface area (Å²) in [6.07, 6.45) is 3.23. The van der Waals surface area contributed by atoms with Gasteiger partial charge in [0.2, 0.25) is 10.0 Å². The number of piperidine rings is 1. The number of nitrogens with zero attached hydrogens (tertiary/aromatic N) is 3. The molecule has 0 spiro atoms. The quantitative estimate of drug-likeness (QED) is 0.560. The molecule has 172 valence electrons. The van der Waals surface area contributed by atoms with Gasteiger partial charge in [0.25, 0.3) is 0 Å². The number of hydrogen-bond acceptors (Lipinski definition) is 5. The van der Waals surface area contributed by atoms with Gasteiger partial charge in [-0.05, 0) is 67.0 Å². The third-order valence-electron chi connectivity index (χ3n) is 5.88. The summed E-state index contributed by atoms with van der Waals surface area (Å²) >= 11 is 0. The summed E-state index contributed by atoms with van der Waals surface area (Å²) < 4.78 is 40.7. The maximum atomic E-state index is 13.3. The molecule has 2 aromatic rings. The molecule has 0 bridgehead atoms. The molecule has 0 unspecified atom stereocenters. The highest BCUT2D eigenvalue weighted by molar-refractivity contribution is 7.92. The summed E-state index contributed by atoms with van der Waals surface area (Å²) in [6, 6.07) is 13.4. The molecule has 0 aliphatic carbocycles. The van der Waals surface area contributed by atoms with Crippen molar-refractivity contribution in [2.45, 2.75) is 39.2 Å². The van der Waals surface area contributed by atoms with E-state index in [2.05, 4.69) is 6.07 Å². The van der Waals surface area contributed by atoms with Crippen molar-refractivity contribution in [1.82, 2.24) is 5.06 Å². The molecule has 1 saturated heterocycles. The lowest BCUT2D eigenvalue weighted by molar-refractivity contribution is -0.147. The standard InChI is InChI=1S/C24H30FN3O3S/c1-3-14-32(29,30)28(18-20-4-7-23(25)8-5-20)24-9-6-21(22(16-24)17-26)15-19-10-12-27(31-2)13-11-19/h4-9,16,19H,3,10-15,18H2,1-2H3. The fraction of sp³-hybridized carbons (Fsp3) is 0.458. The van der Waals surface area contributed by atoms with Crippen LogP contribution in [0.3, 0.4) is 0 Å². The average molecular weight is 460 g/mol. The largest absolute Gasteiger partial charge is 0.302 e. The Bertz CT molecular complexity index is 1040. The maximum absolute atomic E-state index is 13.3. The second-order valence-electron chi connectivity index (χ2n) is 8.16.